The maximum Gasteiger partial charge on any atom is 0.270 e. The van der Waals surface area contributed by atoms with Crippen LogP contribution in [-0.4, -0.2) is 71.9 Å². The van der Waals surface area contributed by atoms with Crippen molar-refractivity contribution in [3.8, 4) is 11.5 Å². The van der Waals surface area contributed by atoms with Gasteiger partial charge in [-0.15, -0.1) is 0 Å². The maximum absolute atomic E-state index is 13.1. The molecule has 10 nitrogen and oxygen atoms in total. The topological polar surface area (TPSA) is 118 Å². The van der Waals surface area contributed by atoms with E-state index in [0.29, 0.717) is 59.7 Å². The number of rotatable bonds is 5. The van der Waals surface area contributed by atoms with Crippen LogP contribution in [0, 0.1) is 10.1 Å². The van der Waals surface area contributed by atoms with Crippen LogP contribution in [-0.2, 0) is 0 Å². The van der Waals surface area contributed by atoms with Crippen molar-refractivity contribution in [1.82, 2.24) is 14.8 Å². The van der Waals surface area contributed by atoms with Gasteiger partial charge in [-0.25, -0.2) is 0 Å². The molecule has 0 spiro atoms. The Morgan fingerprint density at radius 1 is 0.938 bits per heavy atom. The number of methoxy groups -OCH3 is 2. The van der Waals surface area contributed by atoms with E-state index >= 15 is 0 Å². The number of nitro benzene ring substituents is 1. The number of amides is 2. The molecule has 0 saturated carbocycles. The highest BCUT2D eigenvalue weighted by Crippen LogP contribution is 2.27. The smallest absolute Gasteiger partial charge is 0.270 e. The summed E-state index contributed by atoms with van der Waals surface area (Å²) in [6, 6.07) is 9.40. The van der Waals surface area contributed by atoms with Gasteiger partial charge in [0, 0.05) is 61.5 Å². The van der Waals surface area contributed by atoms with E-state index in [1.807, 2.05) is 0 Å². The Bertz CT molecular complexity index is 1200. The number of nitrogens with one attached hydrogen (secondary N) is 1. The van der Waals surface area contributed by atoms with Gasteiger partial charge in [0.25, 0.3) is 17.5 Å². The van der Waals surface area contributed by atoms with E-state index < -0.39 is 4.92 Å². The Kier molecular flexibility index (Phi) is 5.67. The number of carbonyl (C=O) groups is 2. The van der Waals surface area contributed by atoms with Crippen LogP contribution in [0.5, 0.6) is 11.5 Å². The average molecular weight is 438 g/mol. The molecule has 0 aliphatic carbocycles. The lowest BCUT2D eigenvalue weighted by atomic mass is 10.1. The summed E-state index contributed by atoms with van der Waals surface area (Å²) in [7, 11) is 3.03. The summed E-state index contributed by atoms with van der Waals surface area (Å²) >= 11 is 0. The van der Waals surface area contributed by atoms with Gasteiger partial charge in [-0.05, 0) is 18.2 Å². The first-order valence-corrected chi connectivity index (χ1v) is 9.99. The molecule has 1 saturated heterocycles. The molecule has 4 rings (SSSR count). The standard InChI is InChI=1S/C22H22N4O6/c1-31-15-4-5-16(20(12-15)32-2)21(27)24-7-9-25(10-8-24)22(28)18-13-23-19-6-3-14(26(29)30)11-17(18)19/h3-6,11-13,23H,7-10H2,1-2H3. The molecular weight excluding hydrogens is 416 g/mol. The van der Waals surface area contributed by atoms with E-state index in [0.717, 1.165) is 0 Å². The fourth-order valence-electron chi connectivity index (χ4n) is 3.83. The molecule has 1 fully saturated rings. The van der Waals surface area contributed by atoms with Gasteiger partial charge in [0.1, 0.15) is 11.5 Å². The number of fused-ring (bicyclic) bond motifs is 1. The van der Waals surface area contributed by atoms with E-state index in [1.165, 1.54) is 19.2 Å². The number of benzene rings is 2. The van der Waals surface area contributed by atoms with Crippen molar-refractivity contribution in [1.29, 1.82) is 0 Å². The molecule has 3 aromatic rings. The van der Waals surface area contributed by atoms with Gasteiger partial charge >= 0.3 is 0 Å². The number of H-pyrrole nitrogens is 1. The third-order valence-electron chi connectivity index (χ3n) is 5.60. The summed E-state index contributed by atoms with van der Waals surface area (Å²) in [6.45, 7) is 1.43. The normalized spacial score (nSPS) is 13.8. The van der Waals surface area contributed by atoms with Crippen LogP contribution in [0.15, 0.2) is 42.6 Å². The number of hydrogen-bond acceptors (Lipinski definition) is 6. The number of hydrogen-bond donors (Lipinski definition) is 1. The van der Waals surface area contributed by atoms with Crippen molar-refractivity contribution < 1.29 is 24.0 Å². The SMILES string of the molecule is COc1ccc(C(=O)N2CCN(C(=O)c3c[nH]c4ccc([N+](=O)[O-])cc34)CC2)c(OC)c1. The number of ether oxygens (including phenoxy) is 2. The molecule has 2 amide bonds. The third kappa shape index (κ3) is 3.82. The summed E-state index contributed by atoms with van der Waals surface area (Å²) in [4.78, 5) is 43.0. The van der Waals surface area contributed by atoms with E-state index in [2.05, 4.69) is 4.98 Å². The third-order valence-corrected chi connectivity index (χ3v) is 5.60. The average Bonchev–Trinajstić information content (AvgIpc) is 3.26. The lowest BCUT2D eigenvalue weighted by Crippen LogP contribution is -2.50. The van der Waals surface area contributed by atoms with Crippen molar-refractivity contribution in [3.05, 3.63) is 63.8 Å². The van der Waals surface area contributed by atoms with Crippen molar-refractivity contribution in [2.75, 3.05) is 40.4 Å². The highest BCUT2D eigenvalue weighted by Gasteiger charge is 2.28. The zero-order valence-corrected chi connectivity index (χ0v) is 17.7. The fraction of sp³-hybridized carbons (Fsp3) is 0.273. The Labute approximate surface area is 183 Å². The monoisotopic (exact) mass is 438 g/mol. The first-order chi connectivity index (χ1) is 15.4. The van der Waals surface area contributed by atoms with Crippen LogP contribution >= 0.6 is 0 Å². The molecule has 1 N–H and O–H groups in total. The summed E-state index contributed by atoms with van der Waals surface area (Å²) in [6.07, 6.45) is 1.57. The van der Waals surface area contributed by atoms with Gasteiger partial charge in [0.2, 0.25) is 0 Å². The van der Waals surface area contributed by atoms with Crippen LogP contribution in [0.2, 0.25) is 0 Å². The molecule has 2 heterocycles. The summed E-state index contributed by atoms with van der Waals surface area (Å²) in [5.74, 6) is 0.603. The van der Waals surface area contributed by atoms with Crippen molar-refractivity contribution in [2.24, 2.45) is 0 Å². The van der Waals surface area contributed by atoms with Crippen molar-refractivity contribution in [3.63, 3.8) is 0 Å². The van der Waals surface area contributed by atoms with Crippen LogP contribution < -0.4 is 9.47 Å². The quantitative estimate of drug-likeness (QED) is 0.483. The number of carbonyl (C=O) groups excluding carboxylic acids is 2. The van der Waals surface area contributed by atoms with Gasteiger partial charge in [-0.2, -0.15) is 0 Å². The van der Waals surface area contributed by atoms with E-state index in [4.69, 9.17) is 9.47 Å². The number of aromatic nitrogens is 1. The molecule has 0 radical (unpaired) electrons. The van der Waals surface area contributed by atoms with Crippen LogP contribution in [0.4, 0.5) is 5.69 Å². The molecule has 0 bridgehead atoms. The minimum Gasteiger partial charge on any atom is -0.497 e. The van der Waals surface area contributed by atoms with Gasteiger partial charge in [0.15, 0.2) is 0 Å². The molecule has 0 atom stereocenters. The molecule has 10 heteroatoms. The minimum atomic E-state index is -0.488. The van der Waals surface area contributed by atoms with Crippen LogP contribution in [0.1, 0.15) is 20.7 Å². The van der Waals surface area contributed by atoms with Crippen LogP contribution in [0.3, 0.4) is 0 Å². The number of nitrogens with zero attached hydrogens (tertiary/aromatic N) is 3. The van der Waals surface area contributed by atoms with Gasteiger partial charge in [0.05, 0.1) is 30.3 Å². The predicted molar refractivity (Wildman–Crippen MR) is 116 cm³/mol. The first-order valence-electron chi connectivity index (χ1n) is 9.99. The summed E-state index contributed by atoms with van der Waals surface area (Å²) in [5.41, 5.74) is 1.38. The molecule has 0 unspecified atom stereocenters. The molecule has 2 aromatic carbocycles. The number of nitro groups is 1. The molecule has 1 aromatic heterocycles. The highest BCUT2D eigenvalue weighted by molar-refractivity contribution is 6.07. The summed E-state index contributed by atoms with van der Waals surface area (Å²) in [5, 5.41) is 11.6. The number of aromatic amines is 1. The fourth-order valence-corrected chi connectivity index (χ4v) is 3.83. The minimum absolute atomic E-state index is 0.0741. The van der Waals surface area contributed by atoms with E-state index in [1.54, 1.807) is 47.4 Å². The zero-order chi connectivity index (χ0) is 22.8. The first kappa shape index (κ1) is 21.2. The largest absolute Gasteiger partial charge is 0.497 e. The Balaban J connectivity index is 1.48. The Morgan fingerprint density at radius 3 is 2.19 bits per heavy atom. The lowest BCUT2D eigenvalue weighted by molar-refractivity contribution is -0.384. The van der Waals surface area contributed by atoms with E-state index in [-0.39, 0.29) is 17.5 Å². The second-order valence-corrected chi connectivity index (χ2v) is 7.34. The van der Waals surface area contributed by atoms with E-state index in [9.17, 15) is 19.7 Å². The zero-order valence-electron chi connectivity index (χ0n) is 17.7. The highest BCUT2D eigenvalue weighted by atomic mass is 16.6. The molecular formula is C22H22N4O6. The van der Waals surface area contributed by atoms with Gasteiger partial charge < -0.3 is 24.3 Å². The van der Waals surface area contributed by atoms with Gasteiger partial charge in [-0.1, -0.05) is 0 Å². The second-order valence-electron chi connectivity index (χ2n) is 7.34. The second kappa shape index (κ2) is 8.58. The Morgan fingerprint density at radius 2 is 1.59 bits per heavy atom. The molecule has 32 heavy (non-hydrogen) atoms. The molecule has 166 valence electrons. The number of non-ortho nitro benzene ring substituents is 1. The molecule has 1 aliphatic heterocycles. The maximum atomic E-state index is 13.1. The van der Waals surface area contributed by atoms with Crippen LogP contribution in [0.25, 0.3) is 10.9 Å². The lowest BCUT2D eigenvalue weighted by Gasteiger charge is -2.35. The molecule has 1 aliphatic rings. The number of piperazine rings is 1. The van der Waals surface area contributed by atoms with Crippen molar-refractivity contribution >= 4 is 28.4 Å². The predicted octanol–water partition coefficient (Wildman–Crippen LogP) is 2.69. The van der Waals surface area contributed by atoms with Gasteiger partial charge in [-0.3, -0.25) is 19.7 Å². The summed E-state index contributed by atoms with van der Waals surface area (Å²) < 4.78 is 10.5. The Hall–Kier alpha value is -4.08. The van der Waals surface area contributed by atoms with Crippen molar-refractivity contribution in [2.45, 2.75) is 0 Å².